The van der Waals surface area contributed by atoms with Crippen LogP contribution in [0.3, 0.4) is 0 Å². The lowest BCUT2D eigenvalue weighted by Gasteiger charge is -2.18. The summed E-state index contributed by atoms with van der Waals surface area (Å²) in [7, 11) is 0. The van der Waals surface area contributed by atoms with Gasteiger partial charge in [0.05, 0.1) is 0 Å². The zero-order chi connectivity index (χ0) is 59.2. The lowest BCUT2D eigenvalue weighted by atomic mass is 10.0. The molecule has 6 heteroatoms. The van der Waals surface area contributed by atoms with Gasteiger partial charge in [0.2, 0.25) is 0 Å². The first-order chi connectivity index (χ1) is 40.5. The van der Waals surface area contributed by atoms with Crippen LogP contribution in [0.2, 0.25) is 0 Å². The van der Waals surface area contributed by atoms with Crippen LogP contribution in [0.4, 0.5) is 0 Å². The highest BCUT2D eigenvalue weighted by molar-refractivity contribution is 5.71. The van der Waals surface area contributed by atoms with Gasteiger partial charge >= 0.3 is 17.9 Å². The van der Waals surface area contributed by atoms with E-state index in [4.69, 9.17) is 14.2 Å². The van der Waals surface area contributed by atoms with Crippen LogP contribution in [0.15, 0.2) is 72.9 Å². The van der Waals surface area contributed by atoms with Gasteiger partial charge in [-0.15, -0.1) is 0 Å². The minimum Gasteiger partial charge on any atom is -0.462 e. The Morgan fingerprint density at radius 1 is 0.256 bits per heavy atom. The van der Waals surface area contributed by atoms with Crippen LogP contribution >= 0.6 is 0 Å². The highest BCUT2D eigenvalue weighted by atomic mass is 16.6. The highest BCUT2D eigenvalue weighted by Crippen LogP contribution is 2.18. The molecule has 0 rings (SSSR count). The molecule has 0 bridgehead atoms. The molecular weight excluding hydrogens is 1010 g/mol. The Bertz CT molecular complexity index is 1500. The van der Waals surface area contributed by atoms with Crippen LogP contribution < -0.4 is 0 Å². The van der Waals surface area contributed by atoms with E-state index in [-0.39, 0.29) is 31.1 Å². The van der Waals surface area contributed by atoms with Crippen molar-refractivity contribution in [3.8, 4) is 0 Å². The van der Waals surface area contributed by atoms with Crippen LogP contribution in [0.25, 0.3) is 0 Å². The highest BCUT2D eigenvalue weighted by Gasteiger charge is 2.19. The Hall–Kier alpha value is -3.15. The van der Waals surface area contributed by atoms with E-state index in [0.717, 1.165) is 103 Å². The van der Waals surface area contributed by atoms with Gasteiger partial charge in [0, 0.05) is 19.3 Å². The number of allylic oxidation sites excluding steroid dienone is 12. The van der Waals surface area contributed by atoms with Gasteiger partial charge < -0.3 is 14.2 Å². The van der Waals surface area contributed by atoms with E-state index >= 15 is 0 Å². The molecule has 1 unspecified atom stereocenters. The molecule has 0 fully saturated rings. The Morgan fingerprint density at radius 2 is 0.476 bits per heavy atom. The fraction of sp³-hybridized carbons (Fsp3) is 0.803. The Morgan fingerprint density at radius 3 is 0.793 bits per heavy atom. The summed E-state index contributed by atoms with van der Waals surface area (Å²) in [6.07, 6.45) is 92.5. The summed E-state index contributed by atoms with van der Waals surface area (Å²) < 4.78 is 16.9. The number of unbranched alkanes of at least 4 members (excludes halogenated alkanes) is 43. The molecule has 6 nitrogen and oxygen atoms in total. The van der Waals surface area contributed by atoms with Gasteiger partial charge in [-0.25, -0.2) is 0 Å². The van der Waals surface area contributed by atoms with E-state index in [0.29, 0.717) is 19.3 Å². The molecule has 0 N–H and O–H groups in total. The Kier molecular flexibility index (Phi) is 67.6. The van der Waals surface area contributed by atoms with Crippen LogP contribution in [0, 0.1) is 0 Å². The van der Waals surface area contributed by atoms with Gasteiger partial charge in [0.1, 0.15) is 13.2 Å². The second-order valence-electron chi connectivity index (χ2n) is 24.1. The summed E-state index contributed by atoms with van der Waals surface area (Å²) in [5.74, 6) is -0.914. The van der Waals surface area contributed by atoms with Crippen molar-refractivity contribution < 1.29 is 28.6 Å². The lowest BCUT2D eigenvalue weighted by Crippen LogP contribution is -2.30. The SMILES string of the molecule is CC/C=C\C/C=C\C/C=C\C/C=C\C/C=C\CCCCCC(=O)OC(COC(=O)CCCCCCC/C=C\CCCCC)COC(=O)CCCCCCCCCCCCCCCCCCCCCCCCCCCCCCCCCCC. The molecule has 0 aromatic rings. The maximum Gasteiger partial charge on any atom is 0.306 e. The van der Waals surface area contributed by atoms with E-state index in [1.165, 1.54) is 231 Å². The predicted molar refractivity (Wildman–Crippen MR) is 358 cm³/mol. The summed E-state index contributed by atoms with van der Waals surface area (Å²) in [5, 5.41) is 0. The summed E-state index contributed by atoms with van der Waals surface area (Å²) in [6, 6.07) is 0. The van der Waals surface area contributed by atoms with Crippen LogP contribution in [-0.4, -0.2) is 37.2 Å². The molecule has 0 aromatic carbocycles. The maximum atomic E-state index is 12.9. The van der Waals surface area contributed by atoms with E-state index in [1.807, 2.05) is 0 Å². The van der Waals surface area contributed by atoms with Crippen LogP contribution in [0.5, 0.6) is 0 Å². The minimum absolute atomic E-state index is 0.0887. The van der Waals surface area contributed by atoms with Gasteiger partial charge in [-0.3, -0.25) is 14.4 Å². The molecule has 0 spiro atoms. The van der Waals surface area contributed by atoms with E-state index in [9.17, 15) is 14.4 Å². The molecule has 0 aromatic heterocycles. The zero-order valence-electron chi connectivity index (χ0n) is 54.8. The first kappa shape index (κ1) is 78.8. The third kappa shape index (κ3) is 67.6. The molecule has 1 atom stereocenters. The number of carbonyl (C=O) groups is 3. The van der Waals surface area contributed by atoms with Crippen molar-refractivity contribution in [2.45, 2.75) is 380 Å². The second-order valence-corrected chi connectivity index (χ2v) is 24.1. The molecule has 0 aliphatic heterocycles. The Labute approximate surface area is 510 Å². The number of carbonyl (C=O) groups excluding carboxylic acids is 3. The molecule has 0 amide bonds. The van der Waals surface area contributed by atoms with E-state index in [1.54, 1.807) is 0 Å². The van der Waals surface area contributed by atoms with Crippen molar-refractivity contribution in [3.63, 3.8) is 0 Å². The first-order valence-electron chi connectivity index (χ1n) is 35.9. The number of hydrogen-bond acceptors (Lipinski definition) is 6. The average molecular weight is 1150 g/mol. The van der Waals surface area contributed by atoms with Gasteiger partial charge in [0.25, 0.3) is 0 Å². The summed E-state index contributed by atoms with van der Waals surface area (Å²) in [4.78, 5) is 38.3. The zero-order valence-corrected chi connectivity index (χ0v) is 54.8. The van der Waals surface area contributed by atoms with Crippen molar-refractivity contribution in [2.75, 3.05) is 13.2 Å². The van der Waals surface area contributed by atoms with Crippen molar-refractivity contribution in [1.29, 1.82) is 0 Å². The van der Waals surface area contributed by atoms with Crippen molar-refractivity contribution in [3.05, 3.63) is 72.9 Å². The molecular formula is C76H136O6. The van der Waals surface area contributed by atoms with Gasteiger partial charge in [-0.1, -0.05) is 338 Å². The number of rotatable bonds is 66. The number of ether oxygens (including phenoxy) is 3. The molecule has 476 valence electrons. The molecule has 0 aliphatic rings. The Balaban J connectivity index is 4.15. The van der Waals surface area contributed by atoms with Gasteiger partial charge in [0.15, 0.2) is 6.10 Å². The van der Waals surface area contributed by atoms with Gasteiger partial charge in [-0.05, 0) is 89.9 Å². The molecule has 0 aliphatic carbocycles. The number of hydrogen-bond donors (Lipinski definition) is 0. The second kappa shape index (κ2) is 70.3. The minimum atomic E-state index is -0.796. The van der Waals surface area contributed by atoms with Crippen molar-refractivity contribution in [2.24, 2.45) is 0 Å². The summed E-state index contributed by atoms with van der Waals surface area (Å²) >= 11 is 0. The van der Waals surface area contributed by atoms with Crippen LogP contribution in [-0.2, 0) is 28.6 Å². The molecule has 0 saturated heterocycles. The molecule has 0 saturated carbocycles. The standard InChI is InChI=1S/C76H136O6/c1-4-7-10-13-16-19-22-25-27-29-31-32-33-34-35-36-37-38-39-40-41-42-43-44-46-47-49-51-54-57-60-63-66-69-75(78)81-72-73(71-80-74(77)68-65-62-59-56-53-24-21-18-15-12-9-6-3)82-76(79)70-67-64-61-58-55-52-50-48-45-30-28-26-23-20-17-14-11-8-5-2/h8,11,17-18,20-21,26,28,45,48,52,55,73H,4-7,9-10,12-16,19,22-25,27,29-44,46-47,49-51,53-54,56-72H2,1-3H3/b11-8-,20-17-,21-18-,28-26-,48-45-,55-52-. The largest absolute Gasteiger partial charge is 0.462 e. The summed E-state index contributed by atoms with van der Waals surface area (Å²) in [6.45, 7) is 6.52. The molecule has 82 heavy (non-hydrogen) atoms. The van der Waals surface area contributed by atoms with Crippen LogP contribution in [0.1, 0.15) is 374 Å². The molecule has 0 radical (unpaired) electrons. The van der Waals surface area contributed by atoms with E-state index in [2.05, 4.69) is 93.7 Å². The third-order valence-electron chi connectivity index (χ3n) is 15.9. The fourth-order valence-corrected chi connectivity index (χ4v) is 10.6. The fourth-order valence-electron chi connectivity index (χ4n) is 10.6. The predicted octanol–water partition coefficient (Wildman–Crippen LogP) is 24.8. The molecule has 0 heterocycles. The average Bonchev–Trinajstić information content (AvgIpc) is 3.47. The quantitative estimate of drug-likeness (QED) is 0.0261. The smallest absolute Gasteiger partial charge is 0.306 e. The normalized spacial score (nSPS) is 12.5. The topological polar surface area (TPSA) is 78.9 Å². The monoisotopic (exact) mass is 1150 g/mol. The maximum absolute atomic E-state index is 12.9. The van der Waals surface area contributed by atoms with Crippen molar-refractivity contribution >= 4 is 17.9 Å². The summed E-state index contributed by atoms with van der Waals surface area (Å²) in [5.41, 5.74) is 0. The van der Waals surface area contributed by atoms with E-state index < -0.39 is 6.10 Å². The third-order valence-corrected chi connectivity index (χ3v) is 15.9. The lowest BCUT2D eigenvalue weighted by molar-refractivity contribution is -0.167. The first-order valence-corrected chi connectivity index (χ1v) is 35.9. The van der Waals surface area contributed by atoms with Gasteiger partial charge in [-0.2, -0.15) is 0 Å². The number of esters is 3. The van der Waals surface area contributed by atoms with Crippen molar-refractivity contribution in [1.82, 2.24) is 0 Å².